The molecular weight excluding hydrogens is 386 g/mol. The monoisotopic (exact) mass is 421 g/mol. The van der Waals surface area contributed by atoms with Gasteiger partial charge in [-0.3, -0.25) is 0 Å². The molecule has 0 bridgehead atoms. The number of hydrogen-bond acceptors (Lipinski definition) is 5. The molecule has 0 spiro atoms. The summed E-state index contributed by atoms with van der Waals surface area (Å²) in [5.41, 5.74) is 5.24. The number of carbonyl (C=O) groups is 1. The lowest BCUT2D eigenvalue weighted by Gasteiger charge is -2.30. The molecule has 0 radical (unpaired) electrons. The highest BCUT2D eigenvalue weighted by atomic mass is 32.2. The van der Waals surface area contributed by atoms with Crippen LogP contribution in [0.5, 0.6) is 0 Å². The van der Waals surface area contributed by atoms with Gasteiger partial charge in [-0.05, 0) is 42.7 Å². The molecule has 6 heteroatoms. The second-order valence-electron chi connectivity index (χ2n) is 8.09. The molecule has 2 rings (SSSR count). The molecule has 1 unspecified atom stereocenters. The number of carboxylic acids is 1. The van der Waals surface area contributed by atoms with Crippen LogP contribution in [0.2, 0.25) is 0 Å². The largest absolute Gasteiger partial charge is 0.479 e. The Bertz CT molecular complexity index is 722. The van der Waals surface area contributed by atoms with Crippen molar-refractivity contribution in [2.24, 2.45) is 11.7 Å². The van der Waals surface area contributed by atoms with Crippen molar-refractivity contribution in [1.29, 1.82) is 0 Å². The number of aliphatic hydroxyl groups is 1. The van der Waals surface area contributed by atoms with Crippen LogP contribution in [0.15, 0.2) is 23.1 Å². The van der Waals surface area contributed by atoms with Gasteiger partial charge in [-0.25, -0.2) is 4.79 Å². The van der Waals surface area contributed by atoms with Crippen LogP contribution in [0.3, 0.4) is 0 Å². The maximum Gasteiger partial charge on any atom is 0.337 e. The summed E-state index contributed by atoms with van der Waals surface area (Å²) in [5, 5.41) is 20.4. The van der Waals surface area contributed by atoms with Gasteiger partial charge in [0.1, 0.15) is 11.5 Å². The van der Waals surface area contributed by atoms with Crippen LogP contribution in [0.4, 0.5) is 0 Å². The third-order valence-electron chi connectivity index (χ3n) is 5.50. The number of aryl methyl sites for hydroxylation is 1. The molecule has 0 aromatic carbocycles. The molecule has 29 heavy (non-hydrogen) atoms. The Kier molecular flexibility index (Phi) is 9.05. The van der Waals surface area contributed by atoms with Crippen molar-refractivity contribution in [3.8, 4) is 0 Å². The van der Waals surface area contributed by atoms with Crippen LogP contribution < -0.4 is 5.73 Å². The van der Waals surface area contributed by atoms with E-state index in [1.807, 2.05) is 18.4 Å². The topological polar surface area (TPSA) is 96.7 Å². The zero-order valence-corrected chi connectivity index (χ0v) is 18.5. The number of aliphatic carboxylic acids is 1. The van der Waals surface area contributed by atoms with Crippen molar-refractivity contribution in [2.75, 3.05) is 12.0 Å². The van der Waals surface area contributed by atoms with Gasteiger partial charge in [0.2, 0.25) is 0 Å². The molecule has 1 aliphatic rings. The lowest BCUT2D eigenvalue weighted by molar-refractivity contribution is -0.159. The van der Waals surface area contributed by atoms with Crippen LogP contribution in [0.1, 0.15) is 69.0 Å². The highest BCUT2D eigenvalue weighted by molar-refractivity contribution is 7.98. The van der Waals surface area contributed by atoms with Crippen molar-refractivity contribution >= 4 is 29.4 Å². The van der Waals surface area contributed by atoms with Gasteiger partial charge in [-0.15, -0.1) is 0 Å². The first-order valence-electron chi connectivity index (χ1n) is 10.5. The molecule has 1 saturated carbocycles. The summed E-state index contributed by atoms with van der Waals surface area (Å²) in [6, 6.07) is 1.06. The van der Waals surface area contributed by atoms with E-state index in [4.69, 9.17) is 10.2 Å². The van der Waals surface area contributed by atoms with E-state index in [1.54, 1.807) is 0 Å². The first-order chi connectivity index (χ1) is 13.8. The van der Waals surface area contributed by atoms with Gasteiger partial charge >= 0.3 is 5.97 Å². The smallest absolute Gasteiger partial charge is 0.337 e. The summed E-state index contributed by atoms with van der Waals surface area (Å²) >= 11 is 1.41. The SMILES string of the molecule is C=C(C[C@](O)(C(=O)O)C(N)CSC)c1cc(CCC2CC2)oc1/C=C\CCCC. The summed E-state index contributed by atoms with van der Waals surface area (Å²) in [4.78, 5) is 11.8. The molecule has 1 aromatic heterocycles. The lowest BCUT2D eigenvalue weighted by atomic mass is 9.86. The number of hydrogen-bond donors (Lipinski definition) is 3. The van der Waals surface area contributed by atoms with Gasteiger partial charge in [0.15, 0.2) is 5.60 Å². The molecule has 1 heterocycles. The van der Waals surface area contributed by atoms with E-state index < -0.39 is 17.6 Å². The van der Waals surface area contributed by atoms with Gasteiger partial charge in [0.05, 0.1) is 6.04 Å². The quantitative estimate of drug-likeness (QED) is 0.376. The van der Waals surface area contributed by atoms with E-state index >= 15 is 0 Å². The fourth-order valence-corrected chi connectivity index (χ4v) is 3.98. The summed E-state index contributed by atoms with van der Waals surface area (Å²) < 4.78 is 6.07. The van der Waals surface area contributed by atoms with Crippen molar-refractivity contribution in [3.63, 3.8) is 0 Å². The zero-order chi connectivity index (χ0) is 21.4. The number of thioether (sulfide) groups is 1. The minimum Gasteiger partial charge on any atom is -0.479 e. The second-order valence-corrected chi connectivity index (χ2v) is 9.00. The van der Waals surface area contributed by atoms with E-state index in [2.05, 4.69) is 19.6 Å². The Morgan fingerprint density at radius 3 is 2.83 bits per heavy atom. The maximum absolute atomic E-state index is 11.8. The van der Waals surface area contributed by atoms with E-state index in [1.165, 1.54) is 24.6 Å². The average molecular weight is 422 g/mol. The van der Waals surface area contributed by atoms with E-state index in [0.717, 1.165) is 49.3 Å². The lowest BCUT2D eigenvalue weighted by Crippen LogP contribution is -2.55. The van der Waals surface area contributed by atoms with Gasteiger partial charge in [-0.2, -0.15) is 11.8 Å². The number of unbranched alkanes of at least 4 members (excludes halogenated alkanes) is 2. The number of carboxylic acid groups (broad SMARTS) is 1. The van der Waals surface area contributed by atoms with E-state index in [9.17, 15) is 15.0 Å². The highest BCUT2D eigenvalue weighted by Crippen LogP contribution is 2.36. The molecule has 2 atom stereocenters. The van der Waals surface area contributed by atoms with Gasteiger partial charge in [-0.1, -0.05) is 45.3 Å². The number of furan rings is 1. The Morgan fingerprint density at radius 2 is 2.24 bits per heavy atom. The molecule has 1 aromatic rings. The van der Waals surface area contributed by atoms with Crippen LogP contribution in [0.25, 0.3) is 11.6 Å². The molecule has 1 fully saturated rings. The fraction of sp³-hybridized carbons (Fsp3) is 0.609. The van der Waals surface area contributed by atoms with Gasteiger partial charge in [0.25, 0.3) is 0 Å². The maximum atomic E-state index is 11.8. The predicted octanol–water partition coefficient (Wildman–Crippen LogP) is 4.73. The summed E-state index contributed by atoms with van der Waals surface area (Å²) in [6.45, 7) is 6.23. The standard InChI is InChI=1S/C23H35NO4S/c1-4-5-6-7-8-20-19(13-18(28-20)12-11-17-9-10-17)16(2)14-23(27,22(25)26)21(24)15-29-3/h7-8,13,17,21,27H,2,4-6,9-12,14-15,24H2,1,3H3,(H,25,26)/b8-7-/t21?,23-/m1/s1. The Morgan fingerprint density at radius 1 is 1.52 bits per heavy atom. The van der Waals surface area contributed by atoms with Gasteiger partial charge < -0.3 is 20.4 Å². The first-order valence-corrected chi connectivity index (χ1v) is 11.9. The van der Waals surface area contributed by atoms with Crippen molar-refractivity contribution in [2.45, 2.75) is 69.9 Å². The van der Waals surface area contributed by atoms with Crippen LogP contribution >= 0.6 is 11.8 Å². The summed E-state index contributed by atoms with van der Waals surface area (Å²) in [5.74, 6) is 1.39. The highest BCUT2D eigenvalue weighted by Gasteiger charge is 2.43. The molecule has 0 aliphatic heterocycles. The van der Waals surface area contributed by atoms with Crippen LogP contribution in [-0.4, -0.2) is 39.8 Å². The number of allylic oxidation sites excluding steroid dienone is 1. The second kappa shape index (κ2) is 11.0. The number of rotatable bonds is 14. The summed E-state index contributed by atoms with van der Waals surface area (Å²) in [6.07, 6.45) is 13.5. The molecule has 1 aliphatic carbocycles. The fourth-order valence-electron chi connectivity index (χ4n) is 3.35. The minimum atomic E-state index is -2.06. The summed E-state index contributed by atoms with van der Waals surface area (Å²) in [7, 11) is 0. The molecule has 162 valence electrons. The Balaban J connectivity index is 2.22. The molecule has 5 nitrogen and oxygen atoms in total. The number of nitrogens with two attached hydrogens (primary N) is 1. The van der Waals surface area contributed by atoms with Gasteiger partial charge in [0, 0.05) is 24.2 Å². The van der Waals surface area contributed by atoms with E-state index in [0.29, 0.717) is 17.1 Å². The van der Waals surface area contributed by atoms with Crippen LogP contribution in [0, 0.1) is 5.92 Å². The minimum absolute atomic E-state index is 0.137. The molecule has 4 N–H and O–H groups in total. The Labute approximate surface area is 178 Å². The van der Waals surface area contributed by atoms with Crippen LogP contribution in [-0.2, 0) is 11.2 Å². The van der Waals surface area contributed by atoms with Crippen molar-refractivity contribution < 1.29 is 19.4 Å². The third kappa shape index (κ3) is 6.76. The molecule has 0 amide bonds. The average Bonchev–Trinajstić information content (AvgIpc) is 3.42. The molecular formula is C23H35NO4S. The normalized spacial score (nSPS) is 17.4. The Hall–Kier alpha value is -1.50. The zero-order valence-electron chi connectivity index (χ0n) is 17.7. The van der Waals surface area contributed by atoms with Crippen molar-refractivity contribution in [3.05, 3.63) is 35.8 Å². The third-order valence-corrected chi connectivity index (χ3v) is 6.19. The van der Waals surface area contributed by atoms with Crippen molar-refractivity contribution in [1.82, 2.24) is 0 Å². The first kappa shape index (κ1) is 23.8. The predicted molar refractivity (Wildman–Crippen MR) is 121 cm³/mol. The molecule has 0 saturated heterocycles. The van der Waals surface area contributed by atoms with E-state index in [-0.39, 0.29) is 6.42 Å².